The molecule has 225 valence electrons. The van der Waals surface area contributed by atoms with Crippen molar-refractivity contribution in [3.05, 3.63) is 65.3 Å². The summed E-state index contributed by atoms with van der Waals surface area (Å²) in [6.45, 7) is 1.59. The number of thiophene rings is 1. The van der Waals surface area contributed by atoms with E-state index in [0.29, 0.717) is 16.3 Å². The molecule has 0 aliphatic heterocycles. The Balaban J connectivity index is 1.51. The minimum absolute atomic E-state index is 0.00111. The molecule has 0 atom stereocenters. The van der Waals surface area contributed by atoms with Crippen molar-refractivity contribution in [2.24, 2.45) is 0 Å². The fraction of sp³-hybridized carbons (Fsp3) is 0.0270. The summed E-state index contributed by atoms with van der Waals surface area (Å²) in [7, 11) is 83.5. The van der Waals surface area contributed by atoms with Gasteiger partial charge < -0.3 is 0 Å². The van der Waals surface area contributed by atoms with Gasteiger partial charge in [0.1, 0.15) is 23.5 Å². The van der Waals surface area contributed by atoms with Crippen LogP contribution in [0.15, 0.2) is 58.4 Å². The van der Waals surface area contributed by atoms with Gasteiger partial charge in [-0.25, -0.2) is 0 Å². The maximum absolute atomic E-state index is 6.78. The molecular formula is C37H11B13N3OS. The van der Waals surface area contributed by atoms with Gasteiger partial charge in [0.15, 0.2) is 0 Å². The van der Waals surface area contributed by atoms with Crippen LogP contribution in [0.2, 0.25) is 0 Å². The van der Waals surface area contributed by atoms with E-state index in [4.69, 9.17) is 121 Å². The van der Waals surface area contributed by atoms with Crippen LogP contribution in [0.1, 0.15) is 18.2 Å². The summed E-state index contributed by atoms with van der Waals surface area (Å²) >= 11 is 1.63. The average Bonchev–Trinajstić information content (AvgIpc) is 3.75. The van der Waals surface area contributed by atoms with E-state index in [1.165, 1.54) is 0 Å². The molecule has 55 heavy (non-hydrogen) atoms. The molecule has 5 aromatic carbocycles. The van der Waals surface area contributed by atoms with Crippen LogP contribution in [0.25, 0.3) is 81.6 Å². The van der Waals surface area contributed by atoms with E-state index < -0.39 is 0 Å². The zero-order valence-electron chi connectivity index (χ0n) is 29.3. The fourth-order valence-electron chi connectivity index (χ4n) is 6.85. The Morgan fingerprint density at radius 2 is 1.20 bits per heavy atom. The van der Waals surface area contributed by atoms with Crippen molar-refractivity contribution in [1.29, 1.82) is 0 Å². The molecule has 18 heteroatoms. The van der Waals surface area contributed by atoms with E-state index >= 15 is 0 Å². The predicted octanol–water partition coefficient (Wildman–Crippen LogP) is -2.88. The molecule has 3 aromatic heterocycles. The average molecular weight is 686 g/mol. The first-order chi connectivity index (χ1) is 26.1. The van der Waals surface area contributed by atoms with Gasteiger partial charge in [-0.15, -0.1) is 5.46 Å². The standard InChI is InChI=1S/C37H11B13N3OS/c1-10(38)22(39)33-21(34(49)50)19-20(27(44)30(47)31(48)32(19)54-33)37-52-35(11-6-7-13-12-4-2-3-5-16(12)55-17(13)8-11)51-36(53-37)15-9-14-18(25(42)24(15)41)26(43)29(46)28(45)23(14)40/h2-9H,1H3/b22-10-. The first-order valence-electron chi connectivity index (χ1n) is 16.6. The zero-order valence-corrected chi connectivity index (χ0v) is 30.1. The van der Waals surface area contributed by atoms with Crippen molar-refractivity contribution in [3.63, 3.8) is 0 Å². The van der Waals surface area contributed by atoms with Gasteiger partial charge in [-0.05, 0) is 6.07 Å². The molecule has 0 saturated carbocycles. The summed E-state index contributed by atoms with van der Waals surface area (Å²) in [5.41, 5.74) is 2.20. The summed E-state index contributed by atoms with van der Waals surface area (Å²) in [5, 5.41) is 2.96. The van der Waals surface area contributed by atoms with Gasteiger partial charge in [-0.1, -0.05) is 18.2 Å². The molecule has 0 spiro atoms. The molecule has 8 aromatic rings. The third-order valence-electron chi connectivity index (χ3n) is 9.79. The molecule has 0 aliphatic rings. The number of fused-ring (bicyclic) bond motifs is 5. The molecule has 8 rings (SSSR count). The SMILES string of the molecule is [B]C(=[B])c1c(/C([B])=C(/[B])C)oc2c([B])c([B])c([B])c(-c3nc(-c4ccc5c(c4)sc4ccccc45)nc(-c4cc5c([B])c([B])c([B])c([B])c5c([B])c4[B])n3)c12. The Hall–Kier alpha value is -4.42. The Bertz CT molecular complexity index is 3060. The summed E-state index contributed by atoms with van der Waals surface area (Å²) in [6, 6.07) is 15.7. The summed E-state index contributed by atoms with van der Waals surface area (Å²) in [5.74, 6) is 0.381. The van der Waals surface area contributed by atoms with Crippen LogP contribution in [0.3, 0.4) is 0 Å². The number of aromatic nitrogens is 3. The molecule has 4 nitrogen and oxygen atoms in total. The molecular weight excluding hydrogens is 675 g/mol. The Labute approximate surface area is 338 Å². The molecule has 0 fully saturated rings. The quantitative estimate of drug-likeness (QED) is 0.183. The molecule has 0 amide bonds. The van der Waals surface area contributed by atoms with Gasteiger partial charge in [-0.3, -0.25) is 0 Å². The van der Waals surface area contributed by atoms with E-state index in [2.05, 4.69) is 12.1 Å². The minimum atomic E-state index is -0.177. The third kappa shape index (κ3) is 5.76. The van der Waals surface area contributed by atoms with Gasteiger partial charge in [0.2, 0.25) is 0 Å². The van der Waals surface area contributed by atoms with E-state index in [-0.39, 0.29) is 116 Å². The van der Waals surface area contributed by atoms with Crippen LogP contribution in [0.5, 0.6) is 0 Å². The fourth-order valence-corrected chi connectivity index (χ4v) is 8.00. The molecule has 0 N–H and O–H groups in total. The maximum atomic E-state index is 6.78. The van der Waals surface area contributed by atoms with Crippen LogP contribution in [-0.2, 0) is 0 Å². The first kappa shape index (κ1) is 37.5. The molecule has 25 radical (unpaired) electrons. The predicted molar refractivity (Wildman–Crippen MR) is 245 cm³/mol. The number of nitrogens with zero attached hydrogens (tertiary/aromatic N) is 3. The summed E-state index contributed by atoms with van der Waals surface area (Å²) in [4.78, 5) is 14.8. The summed E-state index contributed by atoms with van der Waals surface area (Å²) < 4.78 is 8.31. The van der Waals surface area contributed by atoms with Crippen LogP contribution in [0, 0.1) is 0 Å². The number of hydrogen-bond donors (Lipinski definition) is 0. The van der Waals surface area contributed by atoms with Gasteiger partial charge in [-0.2, -0.15) is 0 Å². The van der Waals surface area contributed by atoms with Crippen molar-refractivity contribution >= 4 is 215 Å². The topological polar surface area (TPSA) is 51.8 Å². The molecule has 0 unspecified atom stereocenters. The van der Waals surface area contributed by atoms with E-state index in [9.17, 15) is 0 Å². The molecule has 0 aliphatic carbocycles. The molecule has 0 bridgehead atoms. The van der Waals surface area contributed by atoms with Crippen molar-refractivity contribution in [3.8, 4) is 34.2 Å². The second kappa shape index (κ2) is 13.7. The second-order valence-corrected chi connectivity index (χ2v) is 14.2. The monoisotopic (exact) mass is 688 g/mol. The molecule has 3 heterocycles. The Morgan fingerprint density at radius 3 is 1.91 bits per heavy atom. The van der Waals surface area contributed by atoms with Gasteiger partial charge in [0.25, 0.3) is 0 Å². The van der Waals surface area contributed by atoms with Crippen molar-refractivity contribution in [2.45, 2.75) is 6.92 Å². The van der Waals surface area contributed by atoms with Crippen LogP contribution in [-0.4, -0.2) is 122 Å². The van der Waals surface area contributed by atoms with Crippen LogP contribution in [0.4, 0.5) is 0 Å². The van der Waals surface area contributed by atoms with Gasteiger partial charge in [0.05, 0.1) is 0 Å². The van der Waals surface area contributed by atoms with Crippen LogP contribution < -0.4 is 49.2 Å². The summed E-state index contributed by atoms with van der Waals surface area (Å²) in [6.07, 6.45) is 0. The normalized spacial score (nSPS) is 12.2. The van der Waals surface area contributed by atoms with Crippen molar-refractivity contribution < 1.29 is 4.42 Å². The van der Waals surface area contributed by atoms with Crippen molar-refractivity contribution in [2.75, 3.05) is 0 Å². The Kier molecular flexibility index (Phi) is 9.31. The van der Waals surface area contributed by atoms with E-state index in [1.54, 1.807) is 24.3 Å². The van der Waals surface area contributed by atoms with Crippen LogP contribution >= 0.6 is 11.3 Å². The Morgan fingerprint density at radius 1 is 0.582 bits per heavy atom. The zero-order chi connectivity index (χ0) is 39.4. The number of hydrogen-bond acceptors (Lipinski definition) is 5. The number of rotatable bonds is 5. The first-order valence-corrected chi connectivity index (χ1v) is 17.4. The number of benzene rings is 5. The van der Waals surface area contributed by atoms with E-state index in [1.807, 2.05) is 30.3 Å². The van der Waals surface area contributed by atoms with Crippen molar-refractivity contribution in [1.82, 2.24) is 15.0 Å². The number of furan rings is 1. The third-order valence-corrected chi connectivity index (χ3v) is 10.9. The van der Waals surface area contributed by atoms with Gasteiger partial charge >= 0.3 is 287 Å². The number of allylic oxidation sites excluding steroid dienone is 1. The van der Waals surface area contributed by atoms with E-state index in [0.717, 1.165) is 20.2 Å². The molecule has 0 saturated heterocycles. The second-order valence-electron chi connectivity index (χ2n) is 13.1. The van der Waals surface area contributed by atoms with Gasteiger partial charge in [0, 0.05) is 0 Å².